The summed E-state index contributed by atoms with van der Waals surface area (Å²) in [6, 6.07) is 57.7. The average Bonchev–Trinajstić information content (AvgIpc) is 3.58. The Hall–Kier alpha value is -6.16. The molecule has 0 N–H and O–H groups in total. The fourth-order valence-corrected chi connectivity index (χ4v) is 9.19. The molecule has 242 valence electrons. The van der Waals surface area contributed by atoms with Gasteiger partial charge in [0.2, 0.25) is 0 Å². The number of fused-ring (bicyclic) bond motifs is 7. The van der Waals surface area contributed by atoms with Gasteiger partial charge in [-0.15, -0.1) is 11.3 Å². The second-order valence-electron chi connectivity index (χ2n) is 13.2. The summed E-state index contributed by atoms with van der Waals surface area (Å²) in [6.07, 6.45) is 0. The molecule has 0 spiro atoms. The molecule has 0 saturated heterocycles. The molecule has 9 aromatic carbocycles. The zero-order chi connectivity index (χ0) is 34.1. The lowest BCUT2D eigenvalue weighted by Gasteiger charge is -2.19. The van der Waals surface area contributed by atoms with E-state index in [4.69, 9.17) is 9.47 Å². The van der Waals surface area contributed by atoms with Crippen molar-refractivity contribution in [1.29, 1.82) is 0 Å². The lowest BCUT2D eigenvalue weighted by Crippen LogP contribution is -1.92. The smallest absolute Gasteiger partial charge is 0.119 e. The van der Waals surface area contributed by atoms with E-state index in [1.807, 2.05) is 23.5 Å². The van der Waals surface area contributed by atoms with Crippen LogP contribution in [0, 0.1) is 0 Å². The van der Waals surface area contributed by atoms with E-state index in [1.54, 1.807) is 14.2 Å². The van der Waals surface area contributed by atoms with Gasteiger partial charge in [-0.3, -0.25) is 0 Å². The van der Waals surface area contributed by atoms with Crippen molar-refractivity contribution in [3.05, 3.63) is 158 Å². The summed E-state index contributed by atoms with van der Waals surface area (Å²) in [5, 5.41) is 12.3. The van der Waals surface area contributed by atoms with Gasteiger partial charge in [0.05, 0.1) is 14.2 Å². The van der Waals surface area contributed by atoms with Gasteiger partial charge in [-0.1, -0.05) is 109 Å². The molecule has 10 rings (SSSR count). The number of hydrogen-bond donors (Lipinski definition) is 0. The highest BCUT2D eigenvalue weighted by Gasteiger charge is 2.19. The van der Waals surface area contributed by atoms with Gasteiger partial charge in [0, 0.05) is 20.2 Å². The molecule has 0 fully saturated rings. The van der Waals surface area contributed by atoms with E-state index in [-0.39, 0.29) is 0 Å². The lowest BCUT2D eigenvalue weighted by molar-refractivity contribution is 0.415. The van der Waals surface area contributed by atoms with Gasteiger partial charge in [0.1, 0.15) is 11.5 Å². The summed E-state index contributed by atoms with van der Waals surface area (Å²) < 4.78 is 13.7. The first-order valence-corrected chi connectivity index (χ1v) is 18.0. The fourth-order valence-electron chi connectivity index (χ4n) is 7.96. The number of benzene rings is 9. The van der Waals surface area contributed by atoms with Crippen LogP contribution in [0.3, 0.4) is 0 Å². The van der Waals surface area contributed by atoms with Crippen LogP contribution in [0.4, 0.5) is 0 Å². The first-order valence-electron chi connectivity index (χ1n) is 17.2. The lowest BCUT2D eigenvalue weighted by atomic mass is 9.84. The summed E-state index contributed by atoms with van der Waals surface area (Å²) in [5.74, 6) is 1.73. The third-order valence-corrected chi connectivity index (χ3v) is 11.6. The van der Waals surface area contributed by atoms with Gasteiger partial charge < -0.3 is 9.47 Å². The van der Waals surface area contributed by atoms with Crippen molar-refractivity contribution >= 4 is 74.6 Å². The van der Waals surface area contributed by atoms with Crippen LogP contribution in [0.25, 0.3) is 96.6 Å². The normalized spacial score (nSPS) is 11.7. The quantitative estimate of drug-likeness (QED) is 0.169. The van der Waals surface area contributed by atoms with Crippen LogP contribution in [0.15, 0.2) is 158 Å². The van der Waals surface area contributed by atoms with Crippen LogP contribution in [0.2, 0.25) is 0 Å². The topological polar surface area (TPSA) is 18.5 Å². The maximum Gasteiger partial charge on any atom is 0.119 e. The van der Waals surface area contributed by atoms with E-state index in [2.05, 4.69) is 146 Å². The second kappa shape index (κ2) is 11.7. The van der Waals surface area contributed by atoms with Gasteiger partial charge in [0.15, 0.2) is 0 Å². The molecule has 2 nitrogen and oxygen atoms in total. The fraction of sp³-hybridized carbons (Fsp3) is 0.0417. The van der Waals surface area contributed by atoms with E-state index in [1.165, 1.54) is 85.9 Å². The van der Waals surface area contributed by atoms with E-state index in [9.17, 15) is 0 Å². The highest BCUT2D eigenvalue weighted by atomic mass is 32.1. The molecular formula is C48H32O2S. The first kappa shape index (κ1) is 29.7. The molecule has 0 bridgehead atoms. The predicted octanol–water partition coefficient (Wildman–Crippen LogP) is 13.7. The largest absolute Gasteiger partial charge is 0.497 e. The Morgan fingerprint density at radius 2 is 0.882 bits per heavy atom. The van der Waals surface area contributed by atoms with Gasteiger partial charge in [-0.2, -0.15) is 0 Å². The van der Waals surface area contributed by atoms with Crippen LogP contribution in [-0.2, 0) is 0 Å². The van der Waals surface area contributed by atoms with Crippen molar-refractivity contribution in [2.24, 2.45) is 0 Å². The van der Waals surface area contributed by atoms with Crippen molar-refractivity contribution in [2.75, 3.05) is 14.2 Å². The van der Waals surface area contributed by atoms with Crippen LogP contribution >= 0.6 is 11.3 Å². The molecule has 0 unspecified atom stereocenters. The SMILES string of the molecule is COc1ccc2cc(-c3c4ccccc4c(-c4ccc5cc(OC)ccc5c4)c4cc(-c5cccc6c5sc5ccccc56)ccc34)ccc2c1. The number of methoxy groups -OCH3 is 2. The number of ether oxygens (including phenoxy) is 2. The van der Waals surface area contributed by atoms with Crippen LogP contribution < -0.4 is 9.47 Å². The molecule has 0 aliphatic rings. The van der Waals surface area contributed by atoms with Crippen molar-refractivity contribution in [1.82, 2.24) is 0 Å². The van der Waals surface area contributed by atoms with Gasteiger partial charge in [-0.25, -0.2) is 0 Å². The molecule has 0 aliphatic heterocycles. The third-order valence-electron chi connectivity index (χ3n) is 10.4. The molecule has 0 saturated carbocycles. The molecule has 0 atom stereocenters. The molecule has 0 aliphatic carbocycles. The molecule has 1 heterocycles. The Morgan fingerprint density at radius 3 is 1.53 bits per heavy atom. The Bertz CT molecular complexity index is 3010. The standard InChI is InChI=1S/C48H32O2S/c1-49-36-21-18-29-24-34(16-14-31(29)26-36)46-40-9-3-4-10-41(40)47(35-17-15-32-27-37(50-2)22-19-30(32)25-35)44-28-33(20-23-42(44)46)38-11-7-12-43-39-8-5-6-13-45(39)51-48(38)43/h3-28H,1-2H3. The zero-order valence-corrected chi connectivity index (χ0v) is 29.1. The van der Waals surface area contributed by atoms with Gasteiger partial charge >= 0.3 is 0 Å². The van der Waals surface area contributed by atoms with Gasteiger partial charge in [-0.05, 0) is 125 Å². The molecule has 0 amide bonds. The minimum absolute atomic E-state index is 0.865. The Balaban J connectivity index is 1.29. The molecular weight excluding hydrogens is 641 g/mol. The van der Waals surface area contributed by atoms with Crippen LogP contribution in [0.5, 0.6) is 11.5 Å². The Morgan fingerprint density at radius 1 is 0.373 bits per heavy atom. The number of thiophene rings is 1. The minimum Gasteiger partial charge on any atom is -0.497 e. The summed E-state index contributed by atoms with van der Waals surface area (Å²) in [5.41, 5.74) is 7.38. The Labute approximate surface area is 299 Å². The molecule has 1 aromatic heterocycles. The number of rotatable bonds is 5. The number of hydrogen-bond acceptors (Lipinski definition) is 3. The highest BCUT2D eigenvalue weighted by molar-refractivity contribution is 7.26. The Kier molecular flexibility index (Phi) is 6.83. The minimum atomic E-state index is 0.865. The first-order chi connectivity index (χ1) is 25.2. The summed E-state index contributed by atoms with van der Waals surface area (Å²) >= 11 is 1.88. The predicted molar refractivity (Wildman–Crippen MR) is 219 cm³/mol. The average molecular weight is 673 g/mol. The second-order valence-corrected chi connectivity index (χ2v) is 14.2. The summed E-state index contributed by atoms with van der Waals surface area (Å²) in [4.78, 5) is 0. The summed E-state index contributed by atoms with van der Waals surface area (Å²) in [7, 11) is 3.44. The van der Waals surface area contributed by atoms with Crippen molar-refractivity contribution in [2.45, 2.75) is 0 Å². The van der Waals surface area contributed by atoms with Crippen molar-refractivity contribution in [3.63, 3.8) is 0 Å². The molecule has 10 aromatic rings. The van der Waals surface area contributed by atoms with Crippen molar-refractivity contribution in [3.8, 4) is 44.9 Å². The molecule has 51 heavy (non-hydrogen) atoms. The highest BCUT2D eigenvalue weighted by Crippen LogP contribution is 2.47. The summed E-state index contributed by atoms with van der Waals surface area (Å²) in [6.45, 7) is 0. The van der Waals surface area contributed by atoms with Crippen LogP contribution in [-0.4, -0.2) is 14.2 Å². The zero-order valence-electron chi connectivity index (χ0n) is 28.2. The van der Waals surface area contributed by atoms with Crippen LogP contribution in [0.1, 0.15) is 0 Å². The van der Waals surface area contributed by atoms with E-state index < -0.39 is 0 Å². The van der Waals surface area contributed by atoms with Gasteiger partial charge in [0.25, 0.3) is 0 Å². The van der Waals surface area contributed by atoms with E-state index in [0.717, 1.165) is 22.3 Å². The third kappa shape index (κ3) is 4.77. The maximum absolute atomic E-state index is 5.55. The molecule has 0 radical (unpaired) electrons. The molecule has 3 heteroatoms. The van der Waals surface area contributed by atoms with E-state index in [0.29, 0.717) is 0 Å². The maximum atomic E-state index is 5.55. The van der Waals surface area contributed by atoms with E-state index >= 15 is 0 Å². The monoisotopic (exact) mass is 672 g/mol. The van der Waals surface area contributed by atoms with Crippen molar-refractivity contribution < 1.29 is 9.47 Å².